The van der Waals surface area contributed by atoms with Gasteiger partial charge in [0.1, 0.15) is 17.4 Å². The number of benzene rings is 1. The molecule has 148 valence electrons. The summed E-state index contributed by atoms with van der Waals surface area (Å²) < 4.78 is 8.83. The number of nitrogens with zero attached hydrogens (tertiary/aromatic N) is 5. The summed E-state index contributed by atoms with van der Waals surface area (Å²) in [6.07, 6.45) is 5.64. The molecule has 0 aliphatic carbocycles. The lowest BCUT2D eigenvalue weighted by atomic mass is 10.1. The van der Waals surface area contributed by atoms with E-state index in [1.54, 1.807) is 23.7 Å². The molecule has 3 heterocycles. The van der Waals surface area contributed by atoms with Gasteiger partial charge in [-0.15, -0.1) is 16.4 Å². The molecule has 0 unspecified atom stereocenters. The zero-order chi connectivity index (χ0) is 20.1. The smallest absolute Gasteiger partial charge is 0.330 e. The second-order valence-electron chi connectivity index (χ2n) is 6.26. The van der Waals surface area contributed by atoms with Crippen LogP contribution in [0.4, 0.5) is 0 Å². The van der Waals surface area contributed by atoms with Crippen LogP contribution in [-0.2, 0) is 31.0 Å². The predicted molar refractivity (Wildman–Crippen MR) is 107 cm³/mol. The minimum atomic E-state index is -0.494. The molecule has 10 heteroatoms. The molecule has 4 rings (SSSR count). The van der Waals surface area contributed by atoms with E-state index in [0.29, 0.717) is 13.2 Å². The first-order chi connectivity index (χ1) is 14.2. The van der Waals surface area contributed by atoms with Crippen LogP contribution >= 0.6 is 11.3 Å². The van der Waals surface area contributed by atoms with Gasteiger partial charge < -0.3 is 4.74 Å². The summed E-state index contributed by atoms with van der Waals surface area (Å²) in [7, 11) is 0. The Hall–Kier alpha value is -3.37. The first-order valence-electron chi connectivity index (χ1n) is 8.93. The maximum Gasteiger partial charge on any atom is 0.330 e. The molecule has 0 radical (unpaired) electrons. The van der Waals surface area contributed by atoms with Crippen LogP contribution in [0.15, 0.2) is 63.9 Å². The van der Waals surface area contributed by atoms with E-state index < -0.39 is 11.2 Å². The summed E-state index contributed by atoms with van der Waals surface area (Å²) in [5, 5.41) is 11.0. The third-order valence-corrected chi connectivity index (χ3v) is 5.16. The second kappa shape index (κ2) is 8.76. The summed E-state index contributed by atoms with van der Waals surface area (Å²) in [6.45, 7) is 1.06. The zero-order valence-electron chi connectivity index (χ0n) is 15.4. The maximum absolute atomic E-state index is 11.7. The molecule has 29 heavy (non-hydrogen) atoms. The highest BCUT2D eigenvalue weighted by Gasteiger charge is 2.10. The molecule has 0 atom stereocenters. The molecule has 4 aromatic rings. The largest absolute Gasteiger partial charge is 0.356 e. The first kappa shape index (κ1) is 19.0. The van der Waals surface area contributed by atoms with Crippen molar-refractivity contribution < 1.29 is 4.74 Å². The molecule has 0 amide bonds. The van der Waals surface area contributed by atoms with E-state index in [1.165, 1.54) is 16.8 Å². The van der Waals surface area contributed by atoms with Crippen LogP contribution in [0.2, 0.25) is 0 Å². The molecule has 1 N–H and O–H groups in total. The highest BCUT2D eigenvalue weighted by Crippen LogP contribution is 2.21. The van der Waals surface area contributed by atoms with E-state index in [0.717, 1.165) is 28.2 Å². The van der Waals surface area contributed by atoms with Gasteiger partial charge in [-0.1, -0.05) is 29.5 Å². The lowest BCUT2D eigenvalue weighted by molar-refractivity contribution is 0.0603. The fourth-order valence-electron chi connectivity index (χ4n) is 2.91. The Morgan fingerprint density at radius 3 is 2.79 bits per heavy atom. The number of aromatic amines is 1. The number of hydrogen-bond donors (Lipinski definition) is 1. The Morgan fingerprint density at radius 2 is 2.00 bits per heavy atom. The summed E-state index contributed by atoms with van der Waals surface area (Å²) in [5.74, 6) is 0. The molecule has 9 nitrogen and oxygen atoms in total. The lowest BCUT2D eigenvalue weighted by Crippen LogP contribution is -2.29. The average Bonchev–Trinajstić information content (AvgIpc) is 3.40. The Kier molecular flexibility index (Phi) is 5.73. The molecular formula is C19H18N6O3S. The molecule has 1 aromatic carbocycles. The number of H-pyrrole nitrogens is 1. The first-order valence-corrected chi connectivity index (χ1v) is 9.81. The van der Waals surface area contributed by atoms with Gasteiger partial charge in [-0.3, -0.25) is 14.3 Å². The summed E-state index contributed by atoms with van der Waals surface area (Å²) >= 11 is 1.55. The molecule has 0 aliphatic rings. The van der Waals surface area contributed by atoms with Crippen LogP contribution in [0.1, 0.15) is 11.1 Å². The molecular weight excluding hydrogens is 392 g/mol. The average molecular weight is 410 g/mol. The van der Waals surface area contributed by atoms with E-state index in [9.17, 15) is 9.59 Å². The number of hydrogen-bond acceptors (Lipinski definition) is 7. The summed E-state index contributed by atoms with van der Waals surface area (Å²) in [6, 6.07) is 9.26. The topological polar surface area (TPSA) is 108 Å². The van der Waals surface area contributed by atoms with Gasteiger partial charge in [-0.25, -0.2) is 14.5 Å². The van der Waals surface area contributed by atoms with E-state index in [1.807, 2.05) is 34.3 Å². The highest BCUT2D eigenvalue weighted by molar-refractivity contribution is 7.13. The van der Waals surface area contributed by atoms with E-state index in [4.69, 9.17) is 4.74 Å². The minimum absolute atomic E-state index is 0.0568. The Morgan fingerprint density at radius 1 is 1.14 bits per heavy atom. The standard InChI is InChI=1S/C19H18N6O3S/c26-17-6-8-24(19(27)22-17)13-28-12-15-4-2-1-3-14(15)5-9-25-16(11-21-23-25)18-20-7-10-29-18/h1-4,6-8,10-11H,5,9,12-13H2,(H,22,26,27). The molecule has 0 spiro atoms. The number of aromatic nitrogens is 6. The number of aryl methyl sites for hydroxylation is 2. The van der Waals surface area contributed by atoms with Crippen molar-refractivity contribution in [2.24, 2.45) is 0 Å². The van der Waals surface area contributed by atoms with E-state index >= 15 is 0 Å². The van der Waals surface area contributed by atoms with E-state index in [-0.39, 0.29) is 6.73 Å². The van der Waals surface area contributed by atoms with Crippen molar-refractivity contribution in [3.63, 3.8) is 0 Å². The van der Waals surface area contributed by atoms with Crippen LogP contribution in [0, 0.1) is 0 Å². The normalized spacial score (nSPS) is 11.0. The SMILES string of the molecule is O=c1ccn(COCc2ccccc2CCn2nncc2-c2nccs2)c(=O)[nH]1. The number of nitrogens with one attached hydrogen (secondary N) is 1. The molecule has 0 saturated heterocycles. The van der Waals surface area contributed by atoms with Gasteiger partial charge in [-0.05, 0) is 17.5 Å². The monoisotopic (exact) mass is 410 g/mol. The van der Waals surface area contributed by atoms with Crippen LogP contribution in [0.5, 0.6) is 0 Å². The molecule has 0 bridgehead atoms. The molecule has 3 aromatic heterocycles. The Balaban J connectivity index is 1.41. The summed E-state index contributed by atoms with van der Waals surface area (Å²) in [4.78, 5) is 29.4. The highest BCUT2D eigenvalue weighted by atomic mass is 32.1. The fraction of sp³-hybridized carbons (Fsp3) is 0.211. The van der Waals surface area contributed by atoms with Crippen molar-refractivity contribution in [2.45, 2.75) is 26.3 Å². The third kappa shape index (κ3) is 4.55. The van der Waals surface area contributed by atoms with Gasteiger partial charge in [-0.2, -0.15) is 0 Å². The number of ether oxygens (including phenoxy) is 1. The Labute approximate surface area is 169 Å². The third-order valence-electron chi connectivity index (χ3n) is 4.37. The van der Waals surface area contributed by atoms with Gasteiger partial charge in [0.05, 0.1) is 12.8 Å². The van der Waals surface area contributed by atoms with Gasteiger partial charge in [0.25, 0.3) is 5.56 Å². The predicted octanol–water partition coefficient (Wildman–Crippen LogP) is 1.67. The molecule has 0 saturated carbocycles. The zero-order valence-corrected chi connectivity index (χ0v) is 16.2. The quantitative estimate of drug-likeness (QED) is 0.473. The van der Waals surface area contributed by atoms with Crippen molar-refractivity contribution in [1.82, 2.24) is 29.5 Å². The second-order valence-corrected chi connectivity index (χ2v) is 7.15. The van der Waals surface area contributed by atoms with Crippen molar-refractivity contribution in [1.29, 1.82) is 0 Å². The summed E-state index contributed by atoms with van der Waals surface area (Å²) in [5.41, 5.74) is 2.13. The van der Waals surface area contributed by atoms with Crippen LogP contribution in [0.25, 0.3) is 10.7 Å². The number of rotatable bonds is 8. The van der Waals surface area contributed by atoms with Gasteiger partial charge in [0.15, 0.2) is 0 Å². The molecule has 0 aliphatic heterocycles. The minimum Gasteiger partial charge on any atom is -0.356 e. The number of thiazole rings is 1. The lowest BCUT2D eigenvalue weighted by Gasteiger charge is -2.11. The van der Waals surface area contributed by atoms with Crippen molar-refractivity contribution in [2.75, 3.05) is 0 Å². The van der Waals surface area contributed by atoms with Crippen LogP contribution in [-0.4, -0.2) is 29.5 Å². The Bertz CT molecular complexity index is 1190. The van der Waals surface area contributed by atoms with Crippen molar-refractivity contribution >= 4 is 11.3 Å². The van der Waals surface area contributed by atoms with Gasteiger partial charge in [0.2, 0.25) is 0 Å². The molecule has 0 fully saturated rings. The van der Waals surface area contributed by atoms with Crippen molar-refractivity contribution in [3.05, 3.63) is 86.3 Å². The van der Waals surface area contributed by atoms with Gasteiger partial charge in [0, 0.05) is 30.4 Å². The van der Waals surface area contributed by atoms with Crippen LogP contribution < -0.4 is 11.2 Å². The fourth-order valence-corrected chi connectivity index (χ4v) is 3.56. The van der Waals surface area contributed by atoms with E-state index in [2.05, 4.69) is 20.3 Å². The van der Waals surface area contributed by atoms with Crippen molar-refractivity contribution in [3.8, 4) is 10.7 Å². The van der Waals surface area contributed by atoms with Crippen LogP contribution in [0.3, 0.4) is 0 Å². The van der Waals surface area contributed by atoms with Gasteiger partial charge >= 0.3 is 5.69 Å². The maximum atomic E-state index is 11.7.